The van der Waals surface area contributed by atoms with Gasteiger partial charge in [-0.3, -0.25) is 4.79 Å². The number of aryl methyl sites for hydroxylation is 1. The first-order valence-electron chi connectivity index (χ1n) is 6.00. The van der Waals surface area contributed by atoms with Crippen LogP contribution in [0.2, 0.25) is 0 Å². The number of fused-ring (bicyclic) bond motifs is 1. The summed E-state index contributed by atoms with van der Waals surface area (Å²) < 4.78 is 0. The Bertz CT molecular complexity index is 429. The van der Waals surface area contributed by atoms with Crippen LogP contribution in [-0.4, -0.2) is 11.9 Å². The highest BCUT2D eigenvalue weighted by Gasteiger charge is 2.16. The van der Waals surface area contributed by atoms with E-state index < -0.39 is 0 Å². The molecule has 92 valence electrons. The number of carbonyl (C=O) groups excluding carboxylic acids is 1. The Morgan fingerprint density at radius 1 is 1.35 bits per heavy atom. The lowest BCUT2D eigenvalue weighted by Gasteiger charge is -2.20. The topological polar surface area (TPSA) is 81.1 Å². The van der Waals surface area contributed by atoms with Crippen molar-refractivity contribution >= 4 is 11.6 Å². The molecule has 0 saturated carbocycles. The number of anilines is 1. The maximum absolute atomic E-state index is 11.2. The lowest BCUT2D eigenvalue weighted by molar-refractivity contribution is -0.116. The molecule has 0 aromatic heterocycles. The number of carbonyl (C=O) groups is 1. The average Bonchev–Trinajstić information content (AvgIpc) is 2.27. The fourth-order valence-corrected chi connectivity index (χ4v) is 2.17. The molecule has 0 saturated heterocycles. The number of rotatable bonds is 3. The minimum Gasteiger partial charge on any atom is -0.328 e. The predicted molar refractivity (Wildman–Crippen MR) is 68.6 cm³/mol. The fourth-order valence-electron chi connectivity index (χ4n) is 2.17. The van der Waals surface area contributed by atoms with Crippen LogP contribution < -0.4 is 16.8 Å². The first kappa shape index (κ1) is 12.1. The Balaban J connectivity index is 2.19. The van der Waals surface area contributed by atoms with Gasteiger partial charge in [0.25, 0.3) is 0 Å². The Kier molecular flexibility index (Phi) is 3.45. The summed E-state index contributed by atoms with van der Waals surface area (Å²) in [5, 5.41) is 2.86. The van der Waals surface area contributed by atoms with Gasteiger partial charge in [0.05, 0.1) is 0 Å². The standard InChI is InChI=1S/C13H19N3O/c1-8(14)6-11(15)9-2-4-12-10(7-9)3-5-13(17)16-12/h2,4,7-8,11H,3,5-6,14-15H2,1H3,(H,16,17). The summed E-state index contributed by atoms with van der Waals surface area (Å²) in [6.45, 7) is 1.96. The number of nitrogens with one attached hydrogen (secondary N) is 1. The molecule has 1 aromatic rings. The van der Waals surface area contributed by atoms with Crippen molar-refractivity contribution in [3.8, 4) is 0 Å². The third-order valence-corrected chi connectivity index (χ3v) is 3.08. The van der Waals surface area contributed by atoms with E-state index in [4.69, 9.17) is 11.5 Å². The van der Waals surface area contributed by atoms with Crippen molar-refractivity contribution in [2.45, 2.75) is 38.3 Å². The van der Waals surface area contributed by atoms with E-state index in [1.165, 1.54) is 5.56 Å². The molecule has 0 spiro atoms. The molecule has 2 atom stereocenters. The Labute approximate surface area is 101 Å². The molecule has 1 aromatic carbocycles. The van der Waals surface area contributed by atoms with E-state index in [2.05, 4.69) is 11.4 Å². The van der Waals surface area contributed by atoms with E-state index in [1.807, 2.05) is 19.1 Å². The molecule has 0 radical (unpaired) electrons. The molecule has 1 amide bonds. The summed E-state index contributed by atoms with van der Waals surface area (Å²) in [5.74, 6) is 0.0881. The SMILES string of the molecule is CC(N)CC(N)c1ccc2c(c1)CCC(=O)N2. The maximum Gasteiger partial charge on any atom is 0.224 e. The lowest BCUT2D eigenvalue weighted by Crippen LogP contribution is -2.24. The first-order chi connectivity index (χ1) is 8.06. The number of hydrogen-bond acceptors (Lipinski definition) is 3. The number of nitrogens with two attached hydrogens (primary N) is 2. The third-order valence-electron chi connectivity index (χ3n) is 3.08. The minimum absolute atomic E-state index is 0.0297. The van der Waals surface area contributed by atoms with Crippen LogP contribution in [0.25, 0.3) is 0 Å². The van der Waals surface area contributed by atoms with Crippen LogP contribution in [0.3, 0.4) is 0 Å². The zero-order chi connectivity index (χ0) is 12.4. The second kappa shape index (κ2) is 4.85. The average molecular weight is 233 g/mol. The van der Waals surface area contributed by atoms with Crippen LogP contribution in [0.4, 0.5) is 5.69 Å². The van der Waals surface area contributed by atoms with Gasteiger partial charge in [0.2, 0.25) is 5.91 Å². The number of hydrogen-bond donors (Lipinski definition) is 3. The third kappa shape index (κ3) is 2.84. The van der Waals surface area contributed by atoms with Gasteiger partial charge in [-0.05, 0) is 37.0 Å². The quantitative estimate of drug-likeness (QED) is 0.736. The van der Waals surface area contributed by atoms with Crippen molar-refractivity contribution in [1.82, 2.24) is 0 Å². The molecule has 1 aliphatic rings. The van der Waals surface area contributed by atoms with Crippen molar-refractivity contribution < 1.29 is 4.79 Å². The number of amides is 1. The number of benzene rings is 1. The fraction of sp³-hybridized carbons (Fsp3) is 0.462. The van der Waals surface area contributed by atoms with Crippen molar-refractivity contribution in [2.75, 3.05) is 5.32 Å². The summed E-state index contributed by atoms with van der Waals surface area (Å²) in [6, 6.07) is 6.06. The van der Waals surface area contributed by atoms with E-state index >= 15 is 0 Å². The molecule has 0 bridgehead atoms. The van der Waals surface area contributed by atoms with Gasteiger partial charge in [-0.1, -0.05) is 12.1 Å². The highest BCUT2D eigenvalue weighted by Crippen LogP contribution is 2.26. The molecule has 0 aliphatic carbocycles. The van der Waals surface area contributed by atoms with E-state index in [0.29, 0.717) is 6.42 Å². The van der Waals surface area contributed by atoms with Crippen molar-refractivity contribution in [2.24, 2.45) is 11.5 Å². The molecule has 2 rings (SSSR count). The summed E-state index contributed by atoms with van der Waals surface area (Å²) >= 11 is 0. The van der Waals surface area contributed by atoms with Crippen LogP contribution in [-0.2, 0) is 11.2 Å². The minimum atomic E-state index is -0.0297. The highest BCUT2D eigenvalue weighted by atomic mass is 16.1. The highest BCUT2D eigenvalue weighted by molar-refractivity contribution is 5.93. The van der Waals surface area contributed by atoms with Gasteiger partial charge in [-0.2, -0.15) is 0 Å². The summed E-state index contributed by atoms with van der Waals surface area (Å²) in [6.07, 6.45) is 2.12. The van der Waals surface area contributed by atoms with Gasteiger partial charge in [0.15, 0.2) is 0 Å². The predicted octanol–water partition coefficient (Wildman–Crippen LogP) is 1.31. The molecular weight excluding hydrogens is 214 g/mol. The van der Waals surface area contributed by atoms with Gasteiger partial charge in [0, 0.05) is 24.2 Å². The van der Waals surface area contributed by atoms with Crippen LogP contribution in [0, 0.1) is 0 Å². The normalized spacial score (nSPS) is 18.2. The monoisotopic (exact) mass is 233 g/mol. The Morgan fingerprint density at radius 2 is 2.12 bits per heavy atom. The van der Waals surface area contributed by atoms with E-state index in [1.54, 1.807) is 0 Å². The Morgan fingerprint density at radius 3 is 2.82 bits per heavy atom. The van der Waals surface area contributed by atoms with Gasteiger partial charge in [0.1, 0.15) is 0 Å². The molecule has 4 nitrogen and oxygen atoms in total. The molecule has 4 heteroatoms. The molecule has 2 unspecified atom stereocenters. The second-order valence-corrected chi connectivity index (χ2v) is 4.78. The Hall–Kier alpha value is -1.39. The molecule has 17 heavy (non-hydrogen) atoms. The molecule has 5 N–H and O–H groups in total. The largest absolute Gasteiger partial charge is 0.328 e. The maximum atomic E-state index is 11.2. The molecule has 1 aliphatic heterocycles. The zero-order valence-electron chi connectivity index (χ0n) is 10.1. The van der Waals surface area contributed by atoms with Crippen molar-refractivity contribution in [3.63, 3.8) is 0 Å². The van der Waals surface area contributed by atoms with E-state index in [9.17, 15) is 4.79 Å². The van der Waals surface area contributed by atoms with Crippen molar-refractivity contribution in [3.05, 3.63) is 29.3 Å². The lowest BCUT2D eigenvalue weighted by atomic mass is 9.95. The van der Waals surface area contributed by atoms with Gasteiger partial charge < -0.3 is 16.8 Å². The molecular formula is C13H19N3O. The van der Waals surface area contributed by atoms with Crippen LogP contribution in [0.1, 0.15) is 36.9 Å². The van der Waals surface area contributed by atoms with Gasteiger partial charge in [-0.15, -0.1) is 0 Å². The zero-order valence-corrected chi connectivity index (χ0v) is 10.1. The van der Waals surface area contributed by atoms with E-state index in [0.717, 1.165) is 24.1 Å². The van der Waals surface area contributed by atoms with Gasteiger partial charge in [-0.25, -0.2) is 0 Å². The molecule has 1 heterocycles. The summed E-state index contributed by atoms with van der Waals surface area (Å²) in [5.41, 5.74) is 15.0. The summed E-state index contributed by atoms with van der Waals surface area (Å²) in [7, 11) is 0. The molecule has 0 fully saturated rings. The smallest absolute Gasteiger partial charge is 0.224 e. The first-order valence-corrected chi connectivity index (χ1v) is 6.00. The van der Waals surface area contributed by atoms with Gasteiger partial charge >= 0.3 is 0 Å². The second-order valence-electron chi connectivity index (χ2n) is 4.78. The summed E-state index contributed by atoms with van der Waals surface area (Å²) in [4.78, 5) is 11.2. The van der Waals surface area contributed by atoms with Crippen LogP contribution in [0.15, 0.2) is 18.2 Å². The van der Waals surface area contributed by atoms with Crippen LogP contribution >= 0.6 is 0 Å². The van der Waals surface area contributed by atoms with Crippen molar-refractivity contribution in [1.29, 1.82) is 0 Å². The van der Waals surface area contributed by atoms with Crippen LogP contribution in [0.5, 0.6) is 0 Å². The van der Waals surface area contributed by atoms with E-state index in [-0.39, 0.29) is 18.0 Å².